The minimum Gasteiger partial charge on any atom is -0.296 e. The van der Waals surface area contributed by atoms with E-state index in [-0.39, 0.29) is 0 Å². The Morgan fingerprint density at radius 1 is 0.521 bits per heavy atom. The summed E-state index contributed by atoms with van der Waals surface area (Å²) in [7, 11) is 0. The molecule has 0 saturated heterocycles. The maximum absolute atomic E-state index is 4.92. The third-order valence-electron chi connectivity index (χ3n) is 9.94. The van der Waals surface area contributed by atoms with E-state index < -0.39 is 0 Å². The quantitative estimate of drug-likeness (QED) is 0.177. The number of imidazole rings is 1. The van der Waals surface area contributed by atoms with E-state index in [9.17, 15) is 0 Å². The zero-order valence-electron chi connectivity index (χ0n) is 26.4. The van der Waals surface area contributed by atoms with Gasteiger partial charge in [0, 0.05) is 32.3 Å². The molecule has 2 nitrogen and oxygen atoms in total. The fourth-order valence-electron chi connectivity index (χ4n) is 7.79. The van der Waals surface area contributed by atoms with Crippen molar-refractivity contribution in [1.29, 1.82) is 0 Å². The van der Waals surface area contributed by atoms with Crippen LogP contribution in [0.1, 0.15) is 12.7 Å². The van der Waals surface area contributed by atoms with Gasteiger partial charge in [-0.1, -0.05) is 128 Å². The van der Waals surface area contributed by atoms with Gasteiger partial charge in [0.25, 0.3) is 0 Å². The molecule has 10 rings (SSSR count). The van der Waals surface area contributed by atoms with Crippen LogP contribution in [0.2, 0.25) is 0 Å². The van der Waals surface area contributed by atoms with Crippen molar-refractivity contribution in [3.63, 3.8) is 0 Å². The van der Waals surface area contributed by atoms with Gasteiger partial charge >= 0.3 is 0 Å². The highest BCUT2D eigenvalue weighted by Crippen LogP contribution is 2.46. The molecule has 0 spiro atoms. The predicted octanol–water partition coefficient (Wildman–Crippen LogP) is 12.7. The Labute approximate surface area is 282 Å². The number of hydrogen-bond donors (Lipinski definition) is 0. The summed E-state index contributed by atoms with van der Waals surface area (Å²) in [6.07, 6.45) is 0.872. The SMILES string of the molecule is CCc1nc2ccccc2n1-c1ccc(-c2c3ccccc3c(-c3ccc4c(c3)sc3c5ccccc5ccc43)c3ccccc23)cc1. The molecule has 2 heterocycles. The standard InChI is InChI=1S/C45H30N2S/c1-2-42-46-39-17-9-10-18-40(39)47(42)31-23-19-29(20-24-31)43-34-13-5-7-15-36(34)44(37-16-8-6-14-35(37)43)30-22-25-33-38-26-21-28-11-3-4-12-32(28)45(38)48-41(33)27-30/h3-27H,2H2,1H3. The molecular formula is C45H30N2S. The first-order valence-corrected chi connectivity index (χ1v) is 17.4. The van der Waals surface area contributed by atoms with Gasteiger partial charge in [0.1, 0.15) is 5.82 Å². The number of nitrogens with zero attached hydrogens (tertiary/aromatic N) is 2. The van der Waals surface area contributed by atoms with Crippen LogP contribution in [0.3, 0.4) is 0 Å². The van der Waals surface area contributed by atoms with Crippen molar-refractivity contribution in [3.8, 4) is 27.9 Å². The second-order valence-electron chi connectivity index (χ2n) is 12.6. The maximum Gasteiger partial charge on any atom is 0.114 e. The minimum absolute atomic E-state index is 0.872. The third kappa shape index (κ3) is 4.01. The highest BCUT2D eigenvalue weighted by Gasteiger charge is 2.18. The van der Waals surface area contributed by atoms with Gasteiger partial charge in [0.05, 0.1) is 11.0 Å². The number of fused-ring (bicyclic) bond motifs is 8. The number of hydrogen-bond acceptors (Lipinski definition) is 2. The topological polar surface area (TPSA) is 17.8 Å². The molecule has 0 aliphatic rings. The number of aryl methyl sites for hydroxylation is 1. The van der Waals surface area contributed by atoms with Gasteiger partial charge in [-0.25, -0.2) is 4.98 Å². The van der Waals surface area contributed by atoms with Crippen LogP contribution >= 0.6 is 11.3 Å². The van der Waals surface area contributed by atoms with Crippen molar-refractivity contribution < 1.29 is 0 Å². The van der Waals surface area contributed by atoms with Crippen molar-refractivity contribution in [3.05, 3.63) is 157 Å². The van der Waals surface area contributed by atoms with E-state index in [0.29, 0.717) is 0 Å². The Morgan fingerprint density at radius 2 is 1.10 bits per heavy atom. The largest absolute Gasteiger partial charge is 0.296 e. The summed E-state index contributed by atoms with van der Waals surface area (Å²) in [6.45, 7) is 2.17. The Bertz CT molecular complexity index is 2820. The van der Waals surface area contributed by atoms with Crippen molar-refractivity contribution in [1.82, 2.24) is 9.55 Å². The molecule has 8 aromatic carbocycles. The summed E-state index contributed by atoms with van der Waals surface area (Å²) >= 11 is 1.91. The lowest BCUT2D eigenvalue weighted by molar-refractivity contribution is 0.908. The van der Waals surface area contributed by atoms with Crippen LogP contribution in [-0.2, 0) is 6.42 Å². The Hall–Kier alpha value is -5.77. The van der Waals surface area contributed by atoms with E-state index in [0.717, 1.165) is 29.0 Å². The maximum atomic E-state index is 4.92. The van der Waals surface area contributed by atoms with Crippen molar-refractivity contribution in [2.75, 3.05) is 0 Å². The van der Waals surface area contributed by atoms with Crippen molar-refractivity contribution in [2.45, 2.75) is 13.3 Å². The molecule has 0 bridgehead atoms. The monoisotopic (exact) mass is 630 g/mol. The summed E-state index contributed by atoms with van der Waals surface area (Å²) in [6, 6.07) is 55.7. The first-order chi connectivity index (χ1) is 23.8. The van der Waals surface area contributed by atoms with Gasteiger partial charge in [0.2, 0.25) is 0 Å². The van der Waals surface area contributed by atoms with Crippen molar-refractivity contribution in [2.24, 2.45) is 0 Å². The number of para-hydroxylation sites is 2. The van der Waals surface area contributed by atoms with Crippen LogP contribution in [0.5, 0.6) is 0 Å². The van der Waals surface area contributed by atoms with Gasteiger partial charge in [-0.3, -0.25) is 4.57 Å². The molecule has 48 heavy (non-hydrogen) atoms. The number of benzene rings is 8. The lowest BCUT2D eigenvalue weighted by atomic mass is 9.86. The number of rotatable bonds is 4. The molecule has 0 amide bonds. The molecular weight excluding hydrogens is 601 g/mol. The minimum atomic E-state index is 0.872. The van der Waals surface area contributed by atoms with E-state index in [1.807, 2.05) is 11.3 Å². The summed E-state index contributed by atoms with van der Waals surface area (Å²) in [5.74, 6) is 1.08. The molecule has 0 N–H and O–H groups in total. The van der Waals surface area contributed by atoms with Crippen LogP contribution < -0.4 is 0 Å². The zero-order chi connectivity index (χ0) is 31.8. The van der Waals surface area contributed by atoms with Gasteiger partial charge < -0.3 is 0 Å². The van der Waals surface area contributed by atoms with Gasteiger partial charge in [-0.2, -0.15) is 0 Å². The fraction of sp³-hybridized carbons (Fsp3) is 0.0444. The van der Waals surface area contributed by atoms with Crippen LogP contribution in [0.4, 0.5) is 0 Å². The molecule has 10 aromatic rings. The molecule has 0 fully saturated rings. The van der Waals surface area contributed by atoms with Gasteiger partial charge in [-0.05, 0) is 84.9 Å². The number of thiophene rings is 1. The summed E-state index contributed by atoms with van der Waals surface area (Å²) < 4.78 is 4.99. The van der Waals surface area contributed by atoms with Crippen LogP contribution in [0, 0.1) is 0 Å². The normalized spacial score (nSPS) is 11.9. The molecule has 0 saturated carbocycles. The van der Waals surface area contributed by atoms with E-state index in [4.69, 9.17) is 4.98 Å². The third-order valence-corrected chi connectivity index (χ3v) is 11.1. The summed E-state index contributed by atoms with van der Waals surface area (Å²) in [5.41, 5.74) is 8.36. The van der Waals surface area contributed by atoms with Crippen LogP contribution in [0.15, 0.2) is 152 Å². The molecule has 0 aliphatic heterocycles. The number of aromatic nitrogens is 2. The molecule has 226 valence electrons. The fourth-order valence-corrected chi connectivity index (χ4v) is 9.07. The van der Waals surface area contributed by atoms with Crippen LogP contribution in [-0.4, -0.2) is 9.55 Å². The molecule has 3 heteroatoms. The van der Waals surface area contributed by atoms with E-state index >= 15 is 0 Å². The average Bonchev–Trinajstić information content (AvgIpc) is 3.72. The lowest BCUT2D eigenvalue weighted by Crippen LogP contribution is -2.00. The lowest BCUT2D eigenvalue weighted by Gasteiger charge is -2.18. The summed E-state index contributed by atoms with van der Waals surface area (Å²) in [4.78, 5) is 4.92. The Kier molecular flexibility index (Phi) is 6.06. The van der Waals surface area contributed by atoms with Crippen LogP contribution in [0.25, 0.3) is 91.5 Å². The van der Waals surface area contributed by atoms with Crippen molar-refractivity contribution >= 4 is 74.9 Å². The Morgan fingerprint density at radius 3 is 1.81 bits per heavy atom. The van der Waals surface area contributed by atoms with E-state index in [1.165, 1.54) is 74.7 Å². The second-order valence-corrected chi connectivity index (χ2v) is 13.6. The smallest absolute Gasteiger partial charge is 0.114 e. The molecule has 2 aromatic heterocycles. The van der Waals surface area contributed by atoms with E-state index in [1.54, 1.807) is 0 Å². The predicted molar refractivity (Wildman–Crippen MR) is 207 cm³/mol. The molecule has 0 aliphatic carbocycles. The average molecular weight is 631 g/mol. The first-order valence-electron chi connectivity index (χ1n) is 16.6. The van der Waals surface area contributed by atoms with E-state index in [2.05, 4.69) is 163 Å². The molecule has 0 radical (unpaired) electrons. The zero-order valence-corrected chi connectivity index (χ0v) is 27.3. The van der Waals surface area contributed by atoms with Gasteiger partial charge in [-0.15, -0.1) is 11.3 Å². The molecule has 0 unspecified atom stereocenters. The second kappa shape index (κ2) is 10.6. The van der Waals surface area contributed by atoms with Gasteiger partial charge in [0.15, 0.2) is 0 Å². The highest BCUT2D eigenvalue weighted by atomic mass is 32.1. The molecule has 0 atom stereocenters. The highest BCUT2D eigenvalue weighted by molar-refractivity contribution is 7.26. The Balaban J connectivity index is 1.18. The first kappa shape index (κ1) is 27.4. The summed E-state index contributed by atoms with van der Waals surface area (Å²) in [5, 5.41) is 10.4.